The van der Waals surface area contributed by atoms with Gasteiger partial charge in [-0.25, -0.2) is 4.98 Å². The summed E-state index contributed by atoms with van der Waals surface area (Å²) in [4.78, 5) is 17.4. The molecule has 0 aliphatic heterocycles. The van der Waals surface area contributed by atoms with Crippen molar-refractivity contribution < 1.29 is 4.79 Å². The molecule has 192 valence electrons. The first kappa shape index (κ1) is 25.9. The summed E-state index contributed by atoms with van der Waals surface area (Å²) < 4.78 is 3.42. The number of halogens is 1. The Bertz CT molecular complexity index is 1480. The fourth-order valence-corrected chi connectivity index (χ4v) is 5.04. The maximum Gasteiger partial charge on any atom is 0.224 e. The van der Waals surface area contributed by atoms with Crippen molar-refractivity contribution in [3.05, 3.63) is 125 Å². The van der Waals surface area contributed by atoms with E-state index in [1.165, 1.54) is 22.2 Å². The van der Waals surface area contributed by atoms with E-state index in [9.17, 15) is 4.79 Å². The monoisotopic (exact) mass is 565 g/mol. The Balaban J connectivity index is 1.08. The number of rotatable bonds is 11. The van der Waals surface area contributed by atoms with Crippen molar-refractivity contribution in [2.24, 2.45) is 0 Å². The predicted octanol–water partition coefficient (Wildman–Crippen LogP) is 7.59. The number of amides is 1. The van der Waals surface area contributed by atoms with Crippen LogP contribution < -0.4 is 5.32 Å². The molecule has 38 heavy (non-hydrogen) atoms. The standard InChI is InChI=1S/C33H32BrN3O/c34-29-20-16-26(17-21-29)24-37-31-12-7-6-11-30(31)36-32(37)13-5-2-8-22-35-33(38)23-25-14-18-28(19-15-25)27-9-3-1-4-10-27/h1,3-4,6-7,9-12,14-21H,2,5,8,13,22-24H2,(H,35,38). The van der Waals surface area contributed by atoms with Crippen LogP contribution in [0.1, 0.15) is 36.2 Å². The summed E-state index contributed by atoms with van der Waals surface area (Å²) in [5, 5.41) is 3.08. The molecule has 5 aromatic rings. The maximum atomic E-state index is 12.4. The lowest BCUT2D eigenvalue weighted by Gasteiger charge is -2.10. The van der Waals surface area contributed by atoms with Gasteiger partial charge in [0.2, 0.25) is 5.91 Å². The van der Waals surface area contributed by atoms with Crippen LogP contribution in [0.4, 0.5) is 0 Å². The SMILES string of the molecule is O=C(Cc1ccc(-c2ccccc2)cc1)NCCCCCc1nc2ccccc2n1Cc1ccc(Br)cc1. The van der Waals surface area contributed by atoms with Gasteiger partial charge < -0.3 is 9.88 Å². The van der Waals surface area contributed by atoms with Crippen molar-refractivity contribution in [3.8, 4) is 11.1 Å². The number of nitrogens with zero attached hydrogens (tertiary/aromatic N) is 2. The van der Waals surface area contributed by atoms with E-state index < -0.39 is 0 Å². The third-order valence-corrected chi connectivity index (χ3v) is 7.34. The lowest BCUT2D eigenvalue weighted by Crippen LogP contribution is -2.26. The minimum atomic E-state index is 0.0775. The largest absolute Gasteiger partial charge is 0.356 e. The van der Waals surface area contributed by atoms with Crippen molar-refractivity contribution in [3.63, 3.8) is 0 Å². The average Bonchev–Trinajstić information content (AvgIpc) is 3.29. The van der Waals surface area contributed by atoms with Gasteiger partial charge in [0.25, 0.3) is 0 Å². The highest BCUT2D eigenvalue weighted by Crippen LogP contribution is 2.21. The Labute approximate surface area is 232 Å². The quantitative estimate of drug-likeness (QED) is 0.168. The van der Waals surface area contributed by atoms with E-state index >= 15 is 0 Å². The van der Waals surface area contributed by atoms with Crippen molar-refractivity contribution in [2.75, 3.05) is 6.54 Å². The smallest absolute Gasteiger partial charge is 0.224 e. The number of nitrogens with one attached hydrogen (secondary N) is 1. The van der Waals surface area contributed by atoms with Crippen LogP contribution in [0.2, 0.25) is 0 Å². The first-order chi connectivity index (χ1) is 18.7. The van der Waals surface area contributed by atoms with E-state index in [1.54, 1.807) is 0 Å². The van der Waals surface area contributed by atoms with Gasteiger partial charge in [-0.3, -0.25) is 4.79 Å². The molecule has 1 aromatic heterocycles. The molecule has 0 aliphatic carbocycles. The topological polar surface area (TPSA) is 46.9 Å². The molecule has 0 radical (unpaired) electrons. The Morgan fingerprint density at radius 3 is 2.21 bits per heavy atom. The fraction of sp³-hybridized carbons (Fsp3) is 0.212. The molecular formula is C33H32BrN3O. The summed E-state index contributed by atoms with van der Waals surface area (Å²) in [7, 11) is 0. The summed E-state index contributed by atoms with van der Waals surface area (Å²) in [6, 6.07) is 35.4. The van der Waals surface area contributed by atoms with Crippen LogP contribution >= 0.6 is 15.9 Å². The number of unbranched alkanes of at least 4 members (excludes halogenated alkanes) is 2. The molecule has 0 aliphatic rings. The zero-order valence-electron chi connectivity index (χ0n) is 21.4. The second kappa shape index (κ2) is 12.7. The van der Waals surface area contributed by atoms with E-state index in [0.29, 0.717) is 13.0 Å². The molecule has 4 aromatic carbocycles. The van der Waals surface area contributed by atoms with Gasteiger partial charge in [0.1, 0.15) is 5.82 Å². The van der Waals surface area contributed by atoms with Gasteiger partial charge in [-0.1, -0.05) is 101 Å². The number of para-hydroxylation sites is 2. The average molecular weight is 567 g/mol. The lowest BCUT2D eigenvalue weighted by molar-refractivity contribution is -0.120. The Kier molecular flexibility index (Phi) is 8.67. The number of hydrogen-bond donors (Lipinski definition) is 1. The number of fused-ring (bicyclic) bond motifs is 1. The lowest BCUT2D eigenvalue weighted by atomic mass is 10.0. The summed E-state index contributed by atoms with van der Waals surface area (Å²) >= 11 is 3.52. The Hall–Kier alpha value is -3.70. The molecular weight excluding hydrogens is 534 g/mol. The molecule has 0 bridgehead atoms. The maximum absolute atomic E-state index is 12.4. The van der Waals surface area contributed by atoms with E-state index in [1.807, 2.05) is 36.4 Å². The van der Waals surface area contributed by atoms with Gasteiger partial charge in [-0.05, 0) is 59.4 Å². The van der Waals surface area contributed by atoms with E-state index in [-0.39, 0.29) is 5.91 Å². The highest BCUT2D eigenvalue weighted by atomic mass is 79.9. The molecule has 4 nitrogen and oxygen atoms in total. The van der Waals surface area contributed by atoms with Crippen molar-refractivity contribution in [1.29, 1.82) is 0 Å². The Morgan fingerprint density at radius 1 is 0.737 bits per heavy atom. The summed E-state index contributed by atoms with van der Waals surface area (Å²) in [5.41, 5.74) is 6.87. The van der Waals surface area contributed by atoms with E-state index in [4.69, 9.17) is 4.98 Å². The molecule has 0 spiro atoms. The summed E-state index contributed by atoms with van der Waals surface area (Å²) in [5.74, 6) is 1.20. The van der Waals surface area contributed by atoms with Crippen LogP contribution in [-0.2, 0) is 24.2 Å². The minimum absolute atomic E-state index is 0.0775. The highest BCUT2D eigenvalue weighted by Gasteiger charge is 2.11. The van der Waals surface area contributed by atoms with Gasteiger partial charge >= 0.3 is 0 Å². The second-order valence-electron chi connectivity index (χ2n) is 9.63. The molecule has 1 amide bonds. The number of hydrogen-bond acceptors (Lipinski definition) is 2. The number of benzene rings is 4. The van der Waals surface area contributed by atoms with Crippen molar-refractivity contribution in [2.45, 2.75) is 38.6 Å². The number of carbonyl (C=O) groups excluding carboxylic acids is 1. The first-order valence-electron chi connectivity index (χ1n) is 13.3. The molecule has 0 unspecified atom stereocenters. The third-order valence-electron chi connectivity index (χ3n) is 6.81. The van der Waals surface area contributed by atoms with Gasteiger partial charge in [-0.15, -0.1) is 0 Å². The van der Waals surface area contributed by atoms with Crippen LogP contribution in [0.5, 0.6) is 0 Å². The fourth-order valence-electron chi connectivity index (χ4n) is 4.77. The number of aromatic nitrogens is 2. The van der Waals surface area contributed by atoms with Gasteiger partial charge in [0.05, 0.1) is 17.5 Å². The number of imidazole rings is 1. The van der Waals surface area contributed by atoms with Crippen molar-refractivity contribution >= 4 is 32.9 Å². The zero-order valence-corrected chi connectivity index (χ0v) is 23.0. The molecule has 5 heteroatoms. The van der Waals surface area contributed by atoms with Crippen LogP contribution in [0.15, 0.2) is 108 Å². The molecule has 1 heterocycles. The van der Waals surface area contributed by atoms with Gasteiger partial charge in [0, 0.05) is 24.0 Å². The third kappa shape index (κ3) is 6.78. The molecule has 0 fully saturated rings. The molecule has 0 saturated carbocycles. The number of carbonyl (C=O) groups is 1. The first-order valence-corrected chi connectivity index (χ1v) is 14.0. The van der Waals surface area contributed by atoms with Gasteiger partial charge in [0.15, 0.2) is 0 Å². The van der Waals surface area contributed by atoms with Crippen LogP contribution in [0.3, 0.4) is 0 Å². The van der Waals surface area contributed by atoms with Gasteiger partial charge in [-0.2, -0.15) is 0 Å². The van der Waals surface area contributed by atoms with Crippen LogP contribution in [-0.4, -0.2) is 22.0 Å². The summed E-state index contributed by atoms with van der Waals surface area (Å²) in [6.45, 7) is 1.52. The van der Waals surface area contributed by atoms with Crippen LogP contribution in [0.25, 0.3) is 22.2 Å². The van der Waals surface area contributed by atoms with E-state index in [2.05, 4.69) is 92.5 Å². The summed E-state index contributed by atoms with van der Waals surface area (Å²) in [6.07, 6.45) is 4.39. The molecule has 5 rings (SSSR count). The Morgan fingerprint density at radius 2 is 1.42 bits per heavy atom. The predicted molar refractivity (Wildman–Crippen MR) is 159 cm³/mol. The molecule has 0 atom stereocenters. The molecule has 1 N–H and O–H groups in total. The van der Waals surface area contributed by atoms with E-state index in [0.717, 1.165) is 53.6 Å². The number of aryl methyl sites for hydroxylation is 1. The second-order valence-corrected chi connectivity index (χ2v) is 10.5. The zero-order chi connectivity index (χ0) is 26.2. The molecule has 0 saturated heterocycles. The normalized spacial score (nSPS) is 11.1. The van der Waals surface area contributed by atoms with Crippen LogP contribution in [0, 0.1) is 0 Å². The highest BCUT2D eigenvalue weighted by molar-refractivity contribution is 9.10. The minimum Gasteiger partial charge on any atom is -0.356 e. The van der Waals surface area contributed by atoms with Crippen molar-refractivity contribution in [1.82, 2.24) is 14.9 Å².